The van der Waals surface area contributed by atoms with Crippen molar-refractivity contribution in [3.8, 4) is 16.9 Å². The highest BCUT2D eigenvalue weighted by molar-refractivity contribution is 6.32. The lowest BCUT2D eigenvalue weighted by Crippen LogP contribution is -1.78. The molecule has 22 heavy (non-hydrogen) atoms. The molecule has 2 heteroatoms. The number of benzene rings is 2. The highest BCUT2D eigenvalue weighted by Crippen LogP contribution is 2.34. The summed E-state index contributed by atoms with van der Waals surface area (Å²) in [5.74, 6) is 0.139. The summed E-state index contributed by atoms with van der Waals surface area (Å²) in [6, 6.07) is 15.0. The second-order valence-electron chi connectivity index (χ2n) is 5.42. The maximum Gasteiger partial charge on any atom is 0.141 e. The van der Waals surface area contributed by atoms with Crippen molar-refractivity contribution in [3.05, 3.63) is 53.6 Å². The molecule has 0 aliphatic rings. The van der Waals surface area contributed by atoms with Gasteiger partial charge < -0.3 is 5.11 Å². The van der Waals surface area contributed by atoms with Crippen LogP contribution in [0.3, 0.4) is 0 Å². The zero-order valence-corrected chi connectivity index (χ0v) is 14.4. The Morgan fingerprint density at radius 3 is 1.91 bits per heavy atom. The van der Waals surface area contributed by atoms with Gasteiger partial charge in [-0.1, -0.05) is 106 Å². The van der Waals surface area contributed by atoms with Crippen LogP contribution in [0.2, 0.25) is 5.02 Å². The molecule has 0 aliphatic carbocycles. The first-order chi connectivity index (χ1) is 10.7. The van der Waals surface area contributed by atoms with Gasteiger partial charge in [0.2, 0.25) is 0 Å². The molecule has 0 unspecified atom stereocenters. The Hall–Kier alpha value is -1.47. The predicted molar refractivity (Wildman–Crippen MR) is 97.6 cm³/mol. The Morgan fingerprint density at radius 2 is 1.36 bits per heavy atom. The van der Waals surface area contributed by atoms with Crippen LogP contribution in [0, 0.1) is 0 Å². The SMILES string of the molecule is CCCCCCCC.Oc1c(Cl)cccc1-c1ccccc1. The molecule has 0 radical (unpaired) electrons. The van der Waals surface area contributed by atoms with Gasteiger partial charge >= 0.3 is 0 Å². The van der Waals surface area contributed by atoms with Crippen molar-refractivity contribution in [2.75, 3.05) is 0 Å². The van der Waals surface area contributed by atoms with Crippen molar-refractivity contribution in [2.24, 2.45) is 0 Å². The molecular weight excluding hydrogens is 292 g/mol. The Morgan fingerprint density at radius 1 is 0.773 bits per heavy atom. The number of para-hydroxylation sites is 1. The van der Waals surface area contributed by atoms with E-state index in [1.165, 1.54) is 38.5 Å². The van der Waals surface area contributed by atoms with E-state index in [0.29, 0.717) is 5.02 Å². The lowest BCUT2D eigenvalue weighted by molar-refractivity contribution is 0.477. The molecule has 120 valence electrons. The normalized spacial score (nSPS) is 9.95. The maximum absolute atomic E-state index is 9.72. The summed E-state index contributed by atoms with van der Waals surface area (Å²) in [5, 5.41) is 10.1. The summed E-state index contributed by atoms with van der Waals surface area (Å²) < 4.78 is 0. The Labute approximate surface area is 140 Å². The van der Waals surface area contributed by atoms with Gasteiger partial charge in [0.25, 0.3) is 0 Å². The van der Waals surface area contributed by atoms with Crippen molar-refractivity contribution in [3.63, 3.8) is 0 Å². The molecule has 0 aromatic heterocycles. The summed E-state index contributed by atoms with van der Waals surface area (Å²) in [6.07, 6.45) is 8.49. The van der Waals surface area contributed by atoms with Crippen molar-refractivity contribution < 1.29 is 5.11 Å². The van der Waals surface area contributed by atoms with Crippen LogP contribution < -0.4 is 0 Å². The highest BCUT2D eigenvalue weighted by Gasteiger charge is 2.05. The lowest BCUT2D eigenvalue weighted by Gasteiger charge is -2.05. The fraction of sp³-hybridized carbons (Fsp3) is 0.400. The maximum atomic E-state index is 9.72. The van der Waals surface area contributed by atoms with E-state index in [2.05, 4.69) is 13.8 Å². The molecule has 2 aromatic carbocycles. The van der Waals surface area contributed by atoms with Crippen LogP contribution in [0.15, 0.2) is 48.5 Å². The molecule has 0 saturated heterocycles. The van der Waals surface area contributed by atoms with Gasteiger partial charge in [-0.3, -0.25) is 0 Å². The first-order valence-corrected chi connectivity index (χ1v) is 8.61. The molecule has 0 fully saturated rings. The molecule has 0 bridgehead atoms. The van der Waals surface area contributed by atoms with E-state index in [9.17, 15) is 5.11 Å². The van der Waals surface area contributed by atoms with E-state index in [0.717, 1.165) is 11.1 Å². The fourth-order valence-electron chi connectivity index (χ4n) is 2.22. The minimum atomic E-state index is 0.139. The number of phenols is 1. The average molecular weight is 319 g/mol. The molecule has 2 aromatic rings. The number of halogens is 1. The fourth-order valence-corrected chi connectivity index (χ4v) is 2.39. The minimum Gasteiger partial charge on any atom is -0.506 e. The van der Waals surface area contributed by atoms with E-state index in [-0.39, 0.29) is 5.75 Å². The molecule has 2 rings (SSSR count). The van der Waals surface area contributed by atoms with Gasteiger partial charge in [-0.05, 0) is 11.6 Å². The van der Waals surface area contributed by atoms with Crippen molar-refractivity contribution in [2.45, 2.75) is 52.4 Å². The third kappa shape index (κ3) is 6.53. The molecule has 1 nitrogen and oxygen atoms in total. The average Bonchev–Trinajstić information content (AvgIpc) is 2.56. The van der Waals surface area contributed by atoms with E-state index in [1.54, 1.807) is 6.07 Å². The van der Waals surface area contributed by atoms with Gasteiger partial charge in [0.15, 0.2) is 0 Å². The summed E-state index contributed by atoms with van der Waals surface area (Å²) >= 11 is 5.81. The van der Waals surface area contributed by atoms with E-state index >= 15 is 0 Å². The van der Waals surface area contributed by atoms with Crippen LogP contribution >= 0.6 is 11.6 Å². The Balaban J connectivity index is 0.000000261. The predicted octanol–water partition coefficient (Wildman–Crippen LogP) is 7.08. The van der Waals surface area contributed by atoms with Gasteiger partial charge in [-0.15, -0.1) is 0 Å². The second-order valence-corrected chi connectivity index (χ2v) is 5.82. The monoisotopic (exact) mass is 318 g/mol. The van der Waals surface area contributed by atoms with Gasteiger partial charge in [0.05, 0.1) is 5.02 Å². The van der Waals surface area contributed by atoms with Crippen LogP contribution in [-0.4, -0.2) is 5.11 Å². The standard InChI is InChI=1S/C12H9ClO.C8H18/c13-11-8-4-7-10(12(11)14)9-5-2-1-3-6-9;1-3-5-7-8-6-4-2/h1-8,14H;3-8H2,1-2H3. The highest BCUT2D eigenvalue weighted by atomic mass is 35.5. The zero-order valence-electron chi connectivity index (χ0n) is 13.7. The number of rotatable bonds is 6. The number of aromatic hydroxyl groups is 1. The van der Waals surface area contributed by atoms with Crippen molar-refractivity contribution in [1.82, 2.24) is 0 Å². The third-order valence-corrected chi connectivity index (χ3v) is 3.83. The summed E-state index contributed by atoms with van der Waals surface area (Å²) in [5.41, 5.74) is 1.73. The molecule has 0 saturated carbocycles. The topological polar surface area (TPSA) is 20.2 Å². The molecular formula is C20H27ClO. The number of unbranched alkanes of at least 4 members (excludes halogenated alkanes) is 5. The first-order valence-electron chi connectivity index (χ1n) is 8.23. The van der Waals surface area contributed by atoms with E-state index in [4.69, 9.17) is 11.6 Å². The lowest BCUT2D eigenvalue weighted by atomic mass is 10.1. The molecule has 1 N–H and O–H groups in total. The van der Waals surface area contributed by atoms with Crippen LogP contribution in [0.5, 0.6) is 5.75 Å². The Bertz CT molecular complexity index is 516. The zero-order chi connectivity index (χ0) is 16.2. The van der Waals surface area contributed by atoms with Crippen LogP contribution in [0.1, 0.15) is 52.4 Å². The molecule has 0 spiro atoms. The number of hydrogen-bond acceptors (Lipinski definition) is 1. The second kappa shape index (κ2) is 11.1. The van der Waals surface area contributed by atoms with Crippen LogP contribution in [-0.2, 0) is 0 Å². The largest absolute Gasteiger partial charge is 0.506 e. The summed E-state index contributed by atoms with van der Waals surface area (Å²) in [4.78, 5) is 0. The van der Waals surface area contributed by atoms with Crippen LogP contribution in [0.4, 0.5) is 0 Å². The Kier molecular flexibility index (Phi) is 9.41. The summed E-state index contributed by atoms with van der Waals surface area (Å²) in [6.45, 7) is 4.51. The van der Waals surface area contributed by atoms with E-state index < -0.39 is 0 Å². The van der Waals surface area contributed by atoms with E-state index in [1.807, 2.05) is 42.5 Å². The van der Waals surface area contributed by atoms with Crippen molar-refractivity contribution in [1.29, 1.82) is 0 Å². The molecule has 0 amide bonds. The smallest absolute Gasteiger partial charge is 0.141 e. The van der Waals surface area contributed by atoms with Crippen molar-refractivity contribution >= 4 is 11.6 Å². The summed E-state index contributed by atoms with van der Waals surface area (Å²) in [7, 11) is 0. The molecule has 0 atom stereocenters. The third-order valence-electron chi connectivity index (χ3n) is 3.53. The van der Waals surface area contributed by atoms with Crippen LogP contribution in [0.25, 0.3) is 11.1 Å². The quantitative estimate of drug-likeness (QED) is 0.564. The number of hydrogen-bond donors (Lipinski definition) is 1. The van der Waals surface area contributed by atoms with Gasteiger partial charge in [0.1, 0.15) is 5.75 Å². The molecule has 0 heterocycles. The van der Waals surface area contributed by atoms with Gasteiger partial charge in [-0.2, -0.15) is 0 Å². The van der Waals surface area contributed by atoms with Gasteiger partial charge in [-0.25, -0.2) is 0 Å². The molecule has 0 aliphatic heterocycles. The minimum absolute atomic E-state index is 0.139. The van der Waals surface area contributed by atoms with Gasteiger partial charge in [0, 0.05) is 5.56 Å². The first kappa shape index (κ1) is 18.6. The number of phenolic OH excluding ortho intramolecular Hbond substituents is 1.